The van der Waals surface area contributed by atoms with Gasteiger partial charge in [-0.1, -0.05) is 35.1 Å². The third-order valence-corrected chi connectivity index (χ3v) is 5.75. The molecule has 6 nitrogen and oxygen atoms in total. The fourth-order valence-corrected chi connectivity index (χ4v) is 3.73. The van der Waals surface area contributed by atoms with E-state index in [1.807, 2.05) is 4.90 Å². The van der Waals surface area contributed by atoms with Crippen LogP contribution < -0.4 is 0 Å². The van der Waals surface area contributed by atoms with Gasteiger partial charge in [0.1, 0.15) is 0 Å². The number of hydrogen-bond acceptors (Lipinski definition) is 4. The van der Waals surface area contributed by atoms with Crippen LogP contribution in [0.5, 0.6) is 0 Å². The minimum atomic E-state index is -0.179. The highest BCUT2D eigenvalue weighted by Crippen LogP contribution is 2.25. The number of rotatable bonds is 2. The quantitative estimate of drug-likeness (QED) is 0.679. The maximum absolute atomic E-state index is 11.2. The van der Waals surface area contributed by atoms with Gasteiger partial charge in [0.05, 0.1) is 14.2 Å². The van der Waals surface area contributed by atoms with E-state index in [9.17, 15) is 9.59 Å². The molecule has 2 aliphatic heterocycles. The second kappa shape index (κ2) is 12.8. The fraction of sp³-hybridized carbons (Fsp3) is 0.905. The number of ether oxygens (including phenoxy) is 2. The van der Waals surface area contributed by atoms with Gasteiger partial charge in [0, 0.05) is 26.2 Å². The van der Waals surface area contributed by atoms with E-state index in [1.165, 1.54) is 20.6 Å². The fourth-order valence-electron chi connectivity index (χ4n) is 3.73. The Kier molecular flexibility index (Phi) is 12.1. The molecule has 6 heteroatoms. The maximum atomic E-state index is 11.2. The summed E-state index contributed by atoms with van der Waals surface area (Å²) in [5.74, 6) is 2.82. The highest BCUT2D eigenvalue weighted by atomic mass is 16.5. The molecule has 2 amide bonds. The number of amides is 2. The van der Waals surface area contributed by atoms with Gasteiger partial charge >= 0.3 is 12.2 Å². The lowest BCUT2D eigenvalue weighted by atomic mass is 9.87. The summed E-state index contributed by atoms with van der Waals surface area (Å²) in [6.07, 6.45) is 4.23. The first kappa shape index (κ1) is 25.5. The van der Waals surface area contributed by atoms with Crippen LogP contribution in [-0.4, -0.2) is 62.4 Å². The molecule has 2 aliphatic rings. The number of piperidine rings is 2. The molecule has 2 fully saturated rings. The van der Waals surface area contributed by atoms with Gasteiger partial charge in [0.2, 0.25) is 0 Å². The highest BCUT2D eigenvalue weighted by molar-refractivity contribution is 5.67. The Balaban J connectivity index is 0.000000483. The Hall–Kier alpha value is -1.46. The van der Waals surface area contributed by atoms with E-state index in [2.05, 4.69) is 32.4 Å². The Morgan fingerprint density at radius 2 is 1.26 bits per heavy atom. The Morgan fingerprint density at radius 3 is 1.70 bits per heavy atom. The molecule has 0 aliphatic carbocycles. The third-order valence-electron chi connectivity index (χ3n) is 5.75. The molecule has 160 valence electrons. The number of nitrogens with zero attached hydrogens (tertiary/aromatic N) is 2. The van der Waals surface area contributed by atoms with E-state index < -0.39 is 0 Å². The van der Waals surface area contributed by atoms with Gasteiger partial charge in [0.25, 0.3) is 0 Å². The molecule has 0 aromatic heterocycles. The Morgan fingerprint density at radius 1 is 0.778 bits per heavy atom. The summed E-state index contributed by atoms with van der Waals surface area (Å²) < 4.78 is 9.38. The van der Waals surface area contributed by atoms with Crippen molar-refractivity contribution in [3.8, 4) is 0 Å². The second-order valence-corrected chi connectivity index (χ2v) is 8.10. The van der Waals surface area contributed by atoms with E-state index in [4.69, 9.17) is 4.74 Å². The van der Waals surface area contributed by atoms with Crippen LogP contribution in [0.3, 0.4) is 0 Å². The topological polar surface area (TPSA) is 59.1 Å². The van der Waals surface area contributed by atoms with Crippen molar-refractivity contribution in [2.75, 3.05) is 40.4 Å². The van der Waals surface area contributed by atoms with E-state index in [0.717, 1.165) is 57.3 Å². The molecule has 0 N–H and O–H groups in total. The molecule has 0 saturated carbocycles. The summed E-state index contributed by atoms with van der Waals surface area (Å²) in [6, 6.07) is 0. The van der Waals surface area contributed by atoms with Gasteiger partial charge < -0.3 is 19.3 Å². The standard InChI is InChI=1S/2C10H19NO2.CH4/c1-8(2)9-4-6-11(7-5-9)10(12)13-3;1-8(2)9-5-4-6-11(7-9)10(12)13-3;/h2*8-9H,4-7H2,1-3H3;1H4. The van der Waals surface area contributed by atoms with Crippen LogP contribution in [0.4, 0.5) is 9.59 Å². The van der Waals surface area contributed by atoms with Crippen LogP contribution in [0.15, 0.2) is 0 Å². The summed E-state index contributed by atoms with van der Waals surface area (Å²) in [5.41, 5.74) is 0. The summed E-state index contributed by atoms with van der Waals surface area (Å²) >= 11 is 0. The van der Waals surface area contributed by atoms with Crippen LogP contribution in [0.25, 0.3) is 0 Å². The predicted octanol–water partition coefficient (Wildman–Crippen LogP) is 4.88. The number of hydrogen-bond donors (Lipinski definition) is 0. The number of carbonyl (C=O) groups excluding carboxylic acids is 2. The van der Waals surface area contributed by atoms with Crippen molar-refractivity contribution in [3.63, 3.8) is 0 Å². The molecule has 0 aromatic carbocycles. The third kappa shape index (κ3) is 8.39. The first-order valence-corrected chi connectivity index (χ1v) is 9.95. The lowest BCUT2D eigenvalue weighted by molar-refractivity contribution is 0.0936. The van der Waals surface area contributed by atoms with Gasteiger partial charge in [-0.05, 0) is 49.4 Å². The molecule has 1 atom stereocenters. The van der Waals surface area contributed by atoms with Crippen molar-refractivity contribution in [2.45, 2.75) is 60.8 Å². The van der Waals surface area contributed by atoms with Gasteiger partial charge in [-0.3, -0.25) is 0 Å². The summed E-state index contributed by atoms with van der Waals surface area (Å²) in [4.78, 5) is 26.0. The molecular formula is C21H42N2O4. The molecule has 1 unspecified atom stereocenters. The zero-order valence-electron chi connectivity index (χ0n) is 17.5. The summed E-state index contributed by atoms with van der Waals surface area (Å²) in [7, 11) is 2.89. The average Bonchev–Trinajstić information content (AvgIpc) is 2.67. The first-order valence-electron chi connectivity index (χ1n) is 9.95. The highest BCUT2D eigenvalue weighted by Gasteiger charge is 2.26. The first-order chi connectivity index (χ1) is 12.3. The summed E-state index contributed by atoms with van der Waals surface area (Å²) in [6.45, 7) is 12.4. The van der Waals surface area contributed by atoms with Crippen molar-refractivity contribution in [2.24, 2.45) is 23.7 Å². The van der Waals surface area contributed by atoms with Gasteiger partial charge in [-0.25, -0.2) is 9.59 Å². The zero-order valence-corrected chi connectivity index (χ0v) is 17.5. The minimum absolute atomic E-state index is 0. The van der Waals surface area contributed by atoms with Crippen molar-refractivity contribution < 1.29 is 19.1 Å². The zero-order chi connectivity index (χ0) is 19.7. The van der Waals surface area contributed by atoms with Crippen molar-refractivity contribution >= 4 is 12.2 Å². The van der Waals surface area contributed by atoms with Crippen LogP contribution in [-0.2, 0) is 9.47 Å². The lowest BCUT2D eigenvalue weighted by Crippen LogP contribution is -2.41. The van der Waals surface area contributed by atoms with Gasteiger partial charge in [0.15, 0.2) is 0 Å². The second-order valence-electron chi connectivity index (χ2n) is 8.10. The molecular weight excluding hydrogens is 344 g/mol. The molecule has 0 aromatic rings. The smallest absolute Gasteiger partial charge is 0.409 e. The van der Waals surface area contributed by atoms with Crippen LogP contribution in [0, 0.1) is 23.7 Å². The Labute approximate surface area is 166 Å². The van der Waals surface area contributed by atoms with Gasteiger partial charge in [-0.15, -0.1) is 0 Å². The van der Waals surface area contributed by atoms with Crippen molar-refractivity contribution in [1.29, 1.82) is 0 Å². The SMILES string of the molecule is C.COC(=O)N1CCC(C(C)C)CC1.COC(=O)N1CCCC(C(C)C)C1. The number of carbonyl (C=O) groups is 2. The summed E-state index contributed by atoms with van der Waals surface area (Å²) in [5, 5.41) is 0. The van der Waals surface area contributed by atoms with Crippen molar-refractivity contribution in [1.82, 2.24) is 9.80 Å². The van der Waals surface area contributed by atoms with Crippen molar-refractivity contribution in [3.05, 3.63) is 0 Å². The van der Waals surface area contributed by atoms with E-state index in [1.54, 1.807) is 4.90 Å². The largest absolute Gasteiger partial charge is 0.453 e. The van der Waals surface area contributed by atoms with Crippen LogP contribution >= 0.6 is 0 Å². The molecule has 0 radical (unpaired) electrons. The van der Waals surface area contributed by atoms with Gasteiger partial charge in [-0.2, -0.15) is 0 Å². The molecule has 2 rings (SSSR count). The van der Waals surface area contributed by atoms with E-state index in [-0.39, 0.29) is 19.6 Å². The molecule has 0 spiro atoms. The van der Waals surface area contributed by atoms with E-state index >= 15 is 0 Å². The average molecular weight is 387 g/mol. The van der Waals surface area contributed by atoms with E-state index in [0.29, 0.717) is 11.8 Å². The minimum Gasteiger partial charge on any atom is -0.453 e. The normalized spacial score (nSPS) is 20.5. The molecule has 2 saturated heterocycles. The molecule has 0 bridgehead atoms. The monoisotopic (exact) mass is 386 g/mol. The predicted molar refractivity (Wildman–Crippen MR) is 110 cm³/mol. The molecule has 2 heterocycles. The number of methoxy groups -OCH3 is 2. The number of likely N-dealkylation sites (tertiary alicyclic amines) is 2. The maximum Gasteiger partial charge on any atom is 0.409 e. The lowest BCUT2D eigenvalue weighted by Gasteiger charge is -2.33. The van der Waals surface area contributed by atoms with Crippen LogP contribution in [0.1, 0.15) is 60.8 Å². The molecule has 27 heavy (non-hydrogen) atoms. The van der Waals surface area contributed by atoms with Crippen LogP contribution in [0.2, 0.25) is 0 Å². The Bertz CT molecular complexity index is 432.